The quantitative estimate of drug-likeness (QED) is 0.549. The lowest BCUT2D eigenvalue weighted by atomic mass is 10.0. The average molecular weight is 374 g/mol. The highest BCUT2D eigenvalue weighted by Gasteiger charge is 2.25. The van der Waals surface area contributed by atoms with E-state index in [0.717, 1.165) is 0 Å². The molecule has 4 aromatic rings. The summed E-state index contributed by atoms with van der Waals surface area (Å²) in [6.07, 6.45) is 1.83. The maximum atomic E-state index is 13.1. The van der Waals surface area contributed by atoms with Crippen molar-refractivity contribution in [1.82, 2.24) is 14.5 Å². The zero-order valence-electron chi connectivity index (χ0n) is 15.0. The first-order valence-electron chi connectivity index (χ1n) is 8.64. The summed E-state index contributed by atoms with van der Waals surface area (Å²) < 4.78 is 8.04. The Morgan fingerprint density at radius 1 is 1.25 bits per heavy atom. The fourth-order valence-corrected chi connectivity index (χ4v) is 3.15. The molecule has 1 aromatic carbocycles. The Bertz CT molecular complexity index is 1280. The normalized spacial score (nSPS) is 10.9. The summed E-state index contributed by atoms with van der Waals surface area (Å²) in [6, 6.07) is 14.3. The van der Waals surface area contributed by atoms with Gasteiger partial charge in [0.1, 0.15) is 6.54 Å². The van der Waals surface area contributed by atoms with Gasteiger partial charge in [0.2, 0.25) is 11.7 Å². The molecule has 8 nitrogen and oxygen atoms in total. The average Bonchev–Trinajstić information content (AvgIpc) is 3.15. The number of nitrogens with zero attached hydrogens (tertiary/aromatic N) is 5. The topological polar surface area (TPSA) is 108 Å². The molecule has 0 aliphatic rings. The van der Waals surface area contributed by atoms with E-state index in [9.17, 15) is 9.90 Å². The summed E-state index contributed by atoms with van der Waals surface area (Å²) in [5, 5.41) is 23.8. The summed E-state index contributed by atoms with van der Waals surface area (Å²) in [6.45, 7) is 1.95. The third-order valence-corrected chi connectivity index (χ3v) is 4.41. The minimum absolute atomic E-state index is 0.142. The third-order valence-electron chi connectivity index (χ3n) is 4.41. The number of hydrogen-bond donors (Lipinski definition) is 1. The highest BCUT2D eigenvalue weighted by Crippen LogP contribution is 2.27. The van der Waals surface area contributed by atoms with Crippen molar-refractivity contribution in [2.75, 3.05) is 0 Å². The molecular formula is C20H16N5O3+. The minimum atomic E-state index is -0.359. The number of hydrogen-bond acceptors (Lipinski definition) is 6. The van der Waals surface area contributed by atoms with E-state index in [-0.39, 0.29) is 30.0 Å². The number of fused-ring (bicyclic) bond motifs is 1. The number of aromatic hydroxyl groups is 1. The van der Waals surface area contributed by atoms with E-state index in [4.69, 9.17) is 9.78 Å². The zero-order chi connectivity index (χ0) is 19.7. The molecule has 3 aromatic heterocycles. The van der Waals surface area contributed by atoms with Gasteiger partial charge >= 0.3 is 5.56 Å². The Morgan fingerprint density at radius 3 is 2.82 bits per heavy atom. The van der Waals surface area contributed by atoms with Gasteiger partial charge in [0.25, 0.3) is 11.5 Å². The van der Waals surface area contributed by atoms with Crippen LogP contribution < -0.4 is 10.1 Å². The van der Waals surface area contributed by atoms with Gasteiger partial charge in [-0.25, -0.2) is 4.79 Å². The largest absolute Gasteiger partial charge is 0.477 e. The van der Waals surface area contributed by atoms with Gasteiger partial charge in [-0.3, -0.25) is 0 Å². The molecule has 3 heterocycles. The molecule has 0 bridgehead atoms. The fraction of sp³-hybridized carbons (Fsp3) is 0.150. The standard InChI is InChI=1S/C20H15N5O3/c1-13-22-18(23-28-13)15-7-4-6-14(12-15)17-19(26)24-10-3-2-8-16(24)25(20(17)27)11-5-9-21/h2-4,6-8,10,12H,5,11H2,1H3/p+1. The van der Waals surface area contributed by atoms with E-state index in [1.807, 2.05) is 0 Å². The first-order valence-corrected chi connectivity index (χ1v) is 8.64. The highest BCUT2D eigenvalue weighted by molar-refractivity contribution is 5.72. The predicted molar refractivity (Wildman–Crippen MR) is 99.2 cm³/mol. The summed E-state index contributed by atoms with van der Waals surface area (Å²) in [4.78, 5) is 17.3. The Labute approximate surface area is 159 Å². The van der Waals surface area contributed by atoms with Crippen molar-refractivity contribution in [3.63, 3.8) is 0 Å². The smallest absolute Gasteiger partial charge is 0.354 e. The van der Waals surface area contributed by atoms with Gasteiger partial charge in [0.15, 0.2) is 5.56 Å². The van der Waals surface area contributed by atoms with Crippen molar-refractivity contribution in [2.45, 2.75) is 19.9 Å². The molecule has 0 unspecified atom stereocenters. The zero-order valence-corrected chi connectivity index (χ0v) is 15.0. The van der Waals surface area contributed by atoms with Crippen LogP contribution in [-0.4, -0.2) is 19.6 Å². The van der Waals surface area contributed by atoms with Gasteiger partial charge in [-0.05, 0) is 17.7 Å². The lowest BCUT2D eigenvalue weighted by Gasteiger charge is -2.09. The molecule has 0 aliphatic carbocycles. The van der Waals surface area contributed by atoms with Crippen molar-refractivity contribution in [3.05, 3.63) is 64.9 Å². The van der Waals surface area contributed by atoms with Gasteiger partial charge in [0.05, 0.1) is 18.7 Å². The molecule has 0 amide bonds. The number of benzene rings is 1. The van der Waals surface area contributed by atoms with Crippen molar-refractivity contribution in [3.8, 4) is 34.5 Å². The van der Waals surface area contributed by atoms with Crippen LogP contribution in [0.25, 0.3) is 28.2 Å². The lowest BCUT2D eigenvalue weighted by Crippen LogP contribution is -2.40. The van der Waals surface area contributed by atoms with E-state index in [2.05, 4.69) is 16.2 Å². The molecule has 0 fully saturated rings. The van der Waals surface area contributed by atoms with Gasteiger partial charge in [-0.2, -0.15) is 19.2 Å². The van der Waals surface area contributed by atoms with E-state index in [0.29, 0.717) is 28.5 Å². The van der Waals surface area contributed by atoms with Crippen LogP contribution in [0, 0.1) is 18.3 Å². The maximum absolute atomic E-state index is 13.1. The van der Waals surface area contributed by atoms with Crippen LogP contribution in [0.15, 0.2) is 58.0 Å². The monoisotopic (exact) mass is 374 g/mol. The Kier molecular flexibility index (Phi) is 4.33. The summed E-state index contributed by atoms with van der Waals surface area (Å²) >= 11 is 0. The molecule has 4 rings (SSSR count). The van der Waals surface area contributed by atoms with Crippen LogP contribution >= 0.6 is 0 Å². The third kappa shape index (κ3) is 2.89. The second-order valence-electron chi connectivity index (χ2n) is 6.21. The molecule has 8 heteroatoms. The molecule has 0 aliphatic heterocycles. The number of nitriles is 1. The summed E-state index contributed by atoms with van der Waals surface area (Å²) in [7, 11) is 0. The van der Waals surface area contributed by atoms with E-state index < -0.39 is 0 Å². The van der Waals surface area contributed by atoms with Gasteiger partial charge in [-0.15, -0.1) is 0 Å². The molecule has 0 saturated carbocycles. The fourth-order valence-electron chi connectivity index (χ4n) is 3.15. The number of aryl methyl sites for hydroxylation is 2. The van der Waals surface area contributed by atoms with Crippen LogP contribution in [0.5, 0.6) is 5.88 Å². The molecule has 28 heavy (non-hydrogen) atoms. The van der Waals surface area contributed by atoms with Gasteiger partial charge in [-0.1, -0.05) is 29.4 Å². The molecule has 1 N–H and O–H groups in total. The molecule has 0 radical (unpaired) electrons. The van der Waals surface area contributed by atoms with Crippen LogP contribution in [0.3, 0.4) is 0 Å². The van der Waals surface area contributed by atoms with Gasteiger partial charge < -0.3 is 9.63 Å². The number of aromatic nitrogens is 4. The van der Waals surface area contributed by atoms with Crippen LogP contribution in [0.2, 0.25) is 0 Å². The molecule has 138 valence electrons. The second kappa shape index (κ2) is 6.96. The first-order chi connectivity index (χ1) is 13.6. The SMILES string of the molecule is Cc1nc(-c2cccc(-c3c(O)[n+](CCC#N)c4ccccn4c3=O)c2)no1. The molecule has 0 atom stereocenters. The number of pyridine rings is 1. The Hall–Kier alpha value is -3.99. The van der Waals surface area contributed by atoms with Crippen LogP contribution in [0.4, 0.5) is 0 Å². The summed E-state index contributed by atoms with van der Waals surface area (Å²) in [5.41, 5.74) is 1.47. The van der Waals surface area contributed by atoms with Crippen molar-refractivity contribution in [1.29, 1.82) is 5.26 Å². The van der Waals surface area contributed by atoms with Crippen LogP contribution in [0.1, 0.15) is 12.3 Å². The molecular weight excluding hydrogens is 358 g/mol. The van der Waals surface area contributed by atoms with Crippen LogP contribution in [-0.2, 0) is 6.54 Å². The first kappa shape index (κ1) is 17.4. The lowest BCUT2D eigenvalue weighted by molar-refractivity contribution is -0.679. The number of rotatable bonds is 4. The Morgan fingerprint density at radius 2 is 2.07 bits per heavy atom. The van der Waals surface area contributed by atoms with Crippen molar-refractivity contribution < 1.29 is 14.2 Å². The van der Waals surface area contributed by atoms with E-state index in [1.165, 1.54) is 4.40 Å². The van der Waals surface area contributed by atoms with E-state index in [1.54, 1.807) is 60.2 Å². The maximum Gasteiger partial charge on any atom is 0.354 e. The van der Waals surface area contributed by atoms with Crippen molar-refractivity contribution >= 4 is 5.65 Å². The van der Waals surface area contributed by atoms with E-state index >= 15 is 0 Å². The minimum Gasteiger partial charge on any atom is -0.477 e. The Balaban J connectivity index is 1.97. The molecule has 0 spiro atoms. The molecule has 0 saturated heterocycles. The highest BCUT2D eigenvalue weighted by atomic mass is 16.5. The predicted octanol–water partition coefficient (Wildman–Crippen LogP) is 2.23. The summed E-state index contributed by atoms with van der Waals surface area (Å²) in [5.74, 6) is 0.647. The van der Waals surface area contributed by atoms with Crippen molar-refractivity contribution in [2.24, 2.45) is 0 Å². The second-order valence-corrected chi connectivity index (χ2v) is 6.21. The van der Waals surface area contributed by atoms with Gasteiger partial charge in [0, 0.05) is 18.6 Å².